The fourth-order valence-corrected chi connectivity index (χ4v) is 1.20. The van der Waals surface area contributed by atoms with Gasteiger partial charge >= 0.3 is 0 Å². The highest BCUT2D eigenvalue weighted by molar-refractivity contribution is 5.85. The molecule has 0 unspecified atom stereocenters. The molecule has 2 nitrogen and oxygen atoms in total. The van der Waals surface area contributed by atoms with Crippen LogP contribution in [0.3, 0.4) is 0 Å². The Bertz CT molecular complexity index is 106. The topological polar surface area (TPSA) is 21.3 Å². The number of hydrogen-bond acceptors (Lipinski definition) is 2. The summed E-state index contributed by atoms with van der Waals surface area (Å²) >= 11 is 0. The van der Waals surface area contributed by atoms with Crippen LogP contribution in [0, 0.1) is 0 Å². The highest BCUT2D eigenvalue weighted by Gasteiger charge is 2.25. The van der Waals surface area contributed by atoms with E-state index in [1.807, 2.05) is 0 Å². The van der Waals surface area contributed by atoms with E-state index in [0.29, 0.717) is 6.10 Å². The SMILES string of the molecule is C[C@H]1CNCC(C)(C)O1.Cl. The van der Waals surface area contributed by atoms with E-state index in [-0.39, 0.29) is 18.0 Å². The number of rotatable bonds is 0. The Hall–Kier alpha value is 0.210. The standard InChI is InChI=1S/C7H15NO.ClH/c1-6-4-8-5-7(2,3)9-6;/h6,8H,4-5H2,1-3H3;1H/t6-;/m0./s1. The van der Waals surface area contributed by atoms with Gasteiger partial charge in [-0.2, -0.15) is 0 Å². The highest BCUT2D eigenvalue weighted by Crippen LogP contribution is 2.13. The van der Waals surface area contributed by atoms with Gasteiger partial charge in [0.25, 0.3) is 0 Å². The Morgan fingerprint density at radius 3 is 2.40 bits per heavy atom. The van der Waals surface area contributed by atoms with Crippen LogP contribution in [0.2, 0.25) is 0 Å². The van der Waals surface area contributed by atoms with Crippen LogP contribution in [0.25, 0.3) is 0 Å². The van der Waals surface area contributed by atoms with Gasteiger partial charge in [0.15, 0.2) is 0 Å². The second-order valence-electron chi connectivity index (χ2n) is 3.32. The largest absolute Gasteiger partial charge is 0.370 e. The van der Waals surface area contributed by atoms with Gasteiger partial charge in [-0.3, -0.25) is 0 Å². The molecule has 0 radical (unpaired) electrons. The van der Waals surface area contributed by atoms with Gasteiger partial charge in [-0.1, -0.05) is 0 Å². The van der Waals surface area contributed by atoms with Crippen molar-refractivity contribution in [2.75, 3.05) is 13.1 Å². The normalized spacial score (nSPS) is 30.9. The van der Waals surface area contributed by atoms with Gasteiger partial charge in [0.05, 0.1) is 11.7 Å². The van der Waals surface area contributed by atoms with E-state index in [9.17, 15) is 0 Å². The summed E-state index contributed by atoms with van der Waals surface area (Å²) in [6.07, 6.45) is 0.369. The molecule has 0 bridgehead atoms. The minimum absolute atomic E-state index is 0. The summed E-state index contributed by atoms with van der Waals surface area (Å²) in [7, 11) is 0. The molecule has 1 N–H and O–H groups in total. The first-order chi connectivity index (χ1) is 4.10. The fourth-order valence-electron chi connectivity index (χ4n) is 1.20. The molecule has 0 aliphatic carbocycles. The van der Waals surface area contributed by atoms with Gasteiger partial charge < -0.3 is 10.1 Å². The molecule has 0 amide bonds. The zero-order valence-electron chi connectivity index (χ0n) is 6.81. The molecule has 0 aromatic rings. The summed E-state index contributed by atoms with van der Waals surface area (Å²) in [5.74, 6) is 0. The lowest BCUT2D eigenvalue weighted by Crippen LogP contribution is -2.49. The molecule has 1 rings (SSSR count). The van der Waals surface area contributed by atoms with Crippen molar-refractivity contribution in [3.05, 3.63) is 0 Å². The molecule has 1 aliphatic heterocycles. The summed E-state index contributed by atoms with van der Waals surface area (Å²) in [6, 6.07) is 0. The van der Waals surface area contributed by atoms with E-state index in [0.717, 1.165) is 13.1 Å². The molecule has 0 saturated carbocycles. The van der Waals surface area contributed by atoms with Crippen molar-refractivity contribution in [2.24, 2.45) is 0 Å². The lowest BCUT2D eigenvalue weighted by Gasteiger charge is -2.34. The number of halogens is 1. The smallest absolute Gasteiger partial charge is 0.0754 e. The van der Waals surface area contributed by atoms with E-state index in [1.54, 1.807) is 0 Å². The van der Waals surface area contributed by atoms with Gasteiger partial charge in [-0.05, 0) is 20.8 Å². The zero-order valence-corrected chi connectivity index (χ0v) is 7.62. The molecule has 1 aliphatic rings. The minimum Gasteiger partial charge on any atom is -0.370 e. The van der Waals surface area contributed by atoms with Gasteiger partial charge in [0.1, 0.15) is 0 Å². The van der Waals surface area contributed by atoms with E-state index in [1.165, 1.54) is 0 Å². The first-order valence-corrected chi connectivity index (χ1v) is 3.49. The molecule has 10 heavy (non-hydrogen) atoms. The molecular weight excluding hydrogens is 150 g/mol. The zero-order chi connectivity index (χ0) is 6.91. The fraction of sp³-hybridized carbons (Fsp3) is 1.00. The Morgan fingerprint density at radius 1 is 1.50 bits per heavy atom. The monoisotopic (exact) mass is 165 g/mol. The molecule has 3 heteroatoms. The molecule has 0 aromatic carbocycles. The second-order valence-corrected chi connectivity index (χ2v) is 3.32. The van der Waals surface area contributed by atoms with Crippen LogP contribution in [-0.2, 0) is 4.74 Å². The molecule has 1 saturated heterocycles. The molecule has 1 heterocycles. The lowest BCUT2D eigenvalue weighted by molar-refractivity contribution is -0.0853. The first-order valence-electron chi connectivity index (χ1n) is 3.49. The van der Waals surface area contributed by atoms with Crippen LogP contribution in [0.15, 0.2) is 0 Å². The maximum atomic E-state index is 5.61. The average Bonchev–Trinajstić information content (AvgIpc) is 1.60. The highest BCUT2D eigenvalue weighted by atomic mass is 35.5. The van der Waals surface area contributed by atoms with Gasteiger partial charge in [-0.15, -0.1) is 12.4 Å². The number of nitrogens with one attached hydrogen (secondary N) is 1. The van der Waals surface area contributed by atoms with Crippen LogP contribution in [-0.4, -0.2) is 24.8 Å². The third-order valence-corrected chi connectivity index (χ3v) is 1.50. The van der Waals surface area contributed by atoms with E-state index < -0.39 is 0 Å². The molecule has 1 atom stereocenters. The maximum absolute atomic E-state index is 5.61. The molecular formula is C7H16ClNO. The van der Waals surface area contributed by atoms with E-state index in [2.05, 4.69) is 26.1 Å². The van der Waals surface area contributed by atoms with Crippen LogP contribution < -0.4 is 5.32 Å². The predicted molar refractivity (Wildman–Crippen MR) is 44.7 cm³/mol. The number of morpholine rings is 1. The van der Waals surface area contributed by atoms with Crippen molar-refractivity contribution < 1.29 is 4.74 Å². The molecule has 62 valence electrons. The maximum Gasteiger partial charge on any atom is 0.0754 e. The Kier molecular flexibility index (Phi) is 3.63. The van der Waals surface area contributed by atoms with Gasteiger partial charge in [0.2, 0.25) is 0 Å². The minimum atomic E-state index is 0. The van der Waals surface area contributed by atoms with Crippen LogP contribution in [0.5, 0.6) is 0 Å². The number of ether oxygens (including phenoxy) is 1. The third-order valence-electron chi connectivity index (χ3n) is 1.50. The van der Waals surface area contributed by atoms with Gasteiger partial charge in [0, 0.05) is 13.1 Å². The van der Waals surface area contributed by atoms with Crippen LogP contribution in [0.4, 0.5) is 0 Å². The van der Waals surface area contributed by atoms with Crippen molar-refractivity contribution in [3.8, 4) is 0 Å². The van der Waals surface area contributed by atoms with Crippen molar-refractivity contribution in [3.63, 3.8) is 0 Å². The number of hydrogen-bond donors (Lipinski definition) is 1. The average molecular weight is 166 g/mol. The summed E-state index contributed by atoms with van der Waals surface area (Å²) < 4.78 is 5.61. The molecule has 0 spiro atoms. The van der Waals surface area contributed by atoms with Crippen molar-refractivity contribution >= 4 is 12.4 Å². The van der Waals surface area contributed by atoms with Crippen LogP contribution >= 0.6 is 12.4 Å². The van der Waals surface area contributed by atoms with Crippen molar-refractivity contribution in [2.45, 2.75) is 32.5 Å². The van der Waals surface area contributed by atoms with Crippen molar-refractivity contribution in [1.82, 2.24) is 5.32 Å². The summed E-state index contributed by atoms with van der Waals surface area (Å²) in [5, 5.41) is 3.30. The predicted octanol–water partition coefficient (Wildman–Crippen LogP) is 1.20. The lowest BCUT2D eigenvalue weighted by atomic mass is 10.1. The summed E-state index contributed by atoms with van der Waals surface area (Å²) in [6.45, 7) is 8.26. The Morgan fingerprint density at radius 2 is 2.10 bits per heavy atom. The molecule has 1 fully saturated rings. The van der Waals surface area contributed by atoms with E-state index >= 15 is 0 Å². The van der Waals surface area contributed by atoms with E-state index in [4.69, 9.17) is 4.74 Å². The van der Waals surface area contributed by atoms with Crippen LogP contribution in [0.1, 0.15) is 20.8 Å². The quantitative estimate of drug-likeness (QED) is 0.583. The summed E-state index contributed by atoms with van der Waals surface area (Å²) in [5.41, 5.74) is 0.0394. The Labute approximate surface area is 68.7 Å². The third kappa shape index (κ3) is 2.86. The van der Waals surface area contributed by atoms with Crippen molar-refractivity contribution in [1.29, 1.82) is 0 Å². The van der Waals surface area contributed by atoms with Gasteiger partial charge in [-0.25, -0.2) is 0 Å². The summed E-state index contributed by atoms with van der Waals surface area (Å²) in [4.78, 5) is 0. The first kappa shape index (κ1) is 10.2. The molecule has 0 aromatic heterocycles. The second kappa shape index (κ2) is 3.56. The Balaban J connectivity index is 0.000000810.